The first-order chi connectivity index (χ1) is 14.3. The summed E-state index contributed by atoms with van der Waals surface area (Å²) in [6.07, 6.45) is 0.0251. The first-order valence-electron chi connectivity index (χ1n) is 9.94. The largest absolute Gasteiger partial charge is 0.507 e. The first kappa shape index (κ1) is 21.6. The van der Waals surface area contributed by atoms with Crippen LogP contribution in [-0.4, -0.2) is 48.1 Å². The van der Waals surface area contributed by atoms with E-state index in [4.69, 9.17) is 9.47 Å². The van der Waals surface area contributed by atoms with Crippen LogP contribution >= 0.6 is 0 Å². The first-order valence-corrected chi connectivity index (χ1v) is 9.94. The standard InChI is InChI=1S/C24H27NO5/c1-15(2)30-19-11-9-18(10-12-19)22(26)20-21(17-7-5-16(3)6-8-17)25(13-14-29-4)24(28)23(20)27/h5-12,15,21,26H,13-14H2,1-4H3/t21-/m1/s1. The van der Waals surface area contributed by atoms with Crippen molar-refractivity contribution in [2.24, 2.45) is 0 Å². The number of benzene rings is 2. The molecule has 1 saturated heterocycles. The highest BCUT2D eigenvalue weighted by Crippen LogP contribution is 2.39. The van der Waals surface area contributed by atoms with Gasteiger partial charge in [-0.2, -0.15) is 0 Å². The number of Topliss-reactive ketones (excluding diaryl/α,β-unsaturated/α-hetero) is 1. The van der Waals surface area contributed by atoms with Gasteiger partial charge in [0.2, 0.25) is 0 Å². The maximum Gasteiger partial charge on any atom is 0.295 e. The number of rotatable bonds is 7. The van der Waals surface area contributed by atoms with Gasteiger partial charge >= 0.3 is 0 Å². The minimum Gasteiger partial charge on any atom is -0.507 e. The molecule has 0 aromatic heterocycles. The molecule has 0 radical (unpaired) electrons. The van der Waals surface area contributed by atoms with Crippen molar-refractivity contribution in [2.45, 2.75) is 32.9 Å². The number of carbonyl (C=O) groups excluding carboxylic acids is 2. The zero-order chi connectivity index (χ0) is 21.8. The maximum atomic E-state index is 12.9. The lowest BCUT2D eigenvalue weighted by Crippen LogP contribution is -2.32. The van der Waals surface area contributed by atoms with Crippen molar-refractivity contribution >= 4 is 17.4 Å². The molecule has 3 rings (SSSR count). The lowest BCUT2D eigenvalue weighted by atomic mass is 9.94. The smallest absolute Gasteiger partial charge is 0.295 e. The van der Waals surface area contributed by atoms with Gasteiger partial charge in [0.25, 0.3) is 11.7 Å². The van der Waals surface area contributed by atoms with E-state index >= 15 is 0 Å². The van der Waals surface area contributed by atoms with E-state index < -0.39 is 17.7 Å². The number of methoxy groups -OCH3 is 1. The summed E-state index contributed by atoms with van der Waals surface area (Å²) in [4.78, 5) is 27.1. The van der Waals surface area contributed by atoms with Crippen molar-refractivity contribution in [3.8, 4) is 5.75 Å². The number of hydrogen-bond acceptors (Lipinski definition) is 5. The second kappa shape index (κ2) is 9.13. The van der Waals surface area contributed by atoms with E-state index in [1.54, 1.807) is 24.3 Å². The summed E-state index contributed by atoms with van der Waals surface area (Å²) >= 11 is 0. The van der Waals surface area contributed by atoms with Crippen LogP contribution in [0.4, 0.5) is 0 Å². The number of aliphatic hydroxyl groups excluding tert-OH is 1. The van der Waals surface area contributed by atoms with Crippen LogP contribution in [-0.2, 0) is 14.3 Å². The van der Waals surface area contributed by atoms with Crippen molar-refractivity contribution in [1.82, 2.24) is 4.90 Å². The fraction of sp³-hybridized carbons (Fsp3) is 0.333. The summed E-state index contributed by atoms with van der Waals surface area (Å²) < 4.78 is 10.8. The topological polar surface area (TPSA) is 76.1 Å². The molecule has 1 atom stereocenters. The van der Waals surface area contributed by atoms with Gasteiger partial charge in [-0.3, -0.25) is 9.59 Å². The van der Waals surface area contributed by atoms with Gasteiger partial charge in [0.15, 0.2) is 0 Å². The van der Waals surface area contributed by atoms with Gasteiger partial charge < -0.3 is 19.5 Å². The van der Waals surface area contributed by atoms with Gasteiger partial charge in [-0.1, -0.05) is 29.8 Å². The van der Waals surface area contributed by atoms with Crippen molar-refractivity contribution in [1.29, 1.82) is 0 Å². The average molecular weight is 409 g/mol. The summed E-state index contributed by atoms with van der Waals surface area (Å²) in [7, 11) is 1.54. The maximum absolute atomic E-state index is 12.9. The summed E-state index contributed by atoms with van der Waals surface area (Å²) in [5.74, 6) is -0.872. The van der Waals surface area contributed by atoms with Gasteiger partial charge in [0, 0.05) is 19.2 Å². The monoisotopic (exact) mass is 409 g/mol. The van der Waals surface area contributed by atoms with Gasteiger partial charge in [-0.05, 0) is 50.6 Å². The van der Waals surface area contributed by atoms with Crippen molar-refractivity contribution in [2.75, 3.05) is 20.3 Å². The van der Waals surface area contributed by atoms with Crippen LogP contribution in [0.1, 0.15) is 36.6 Å². The van der Waals surface area contributed by atoms with E-state index in [0.29, 0.717) is 11.3 Å². The predicted molar refractivity (Wildman–Crippen MR) is 114 cm³/mol. The van der Waals surface area contributed by atoms with Gasteiger partial charge in [-0.25, -0.2) is 0 Å². The van der Waals surface area contributed by atoms with E-state index in [1.807, 2.05) is 45.0 Å². The molecule has 6 nitrogen and oxygen atoms in total. The molecule has 1 amide bonds. The number of aliphatic hydroxyl groups is 1. The van der Waals surface area contributed by atoms with Gasteiger partial charge in [-0.15, -0.1) is 0 Å². The number of hydrogen-bond donors (Lipinski definition) is 1. The summed E-state index contributed by atoms with van der Waals surface area (Å²) in [5.41, 5.74) is 2.36. The molecule has 0 saturated carbocycles. The quantitative estimate of drug-likeness (QED) is 0.427. The molecular weight excluding hydrogens is 382 g/mol. The van der Waals surface area contributed by atoms with Gasteiger partial charge in [0.05, 0.1) is 24.3 Å². The SMILES string of the molecule is COCCN1C(=O)C(=O)C(=C(O)c2ccc(OC(C)C)cc2)[C@H]1c1ccc(C)cc1. The molecule has 158 valence electrons. The second-order valence-electron chi connectivity index (χ2n) is 7.59. The normalized spacial score (nSPS) is 18.3. The molecule has 2 aromatic rings. The minimum atomic E-state index is -0.698. The Labute approximate surface area is 176 Å². The predicted octanol–water partition coefficient (Wildman–Crippen LogP) is 3.85. The van der Waals surface area contributed by atoms with Gasteiger partial charge in [0.1, 0.15) is 11.5 Å². The number of carbonyl (C=O) groups is 2. The molecule has 2 aromatic carbocycles. The summed E-state index contributed by atoms with van der Waals surface area (Å²) in [6.45, 7) is 6.36. The van der Waals surface area contributed by atoms with E-state index in [0.717, 1.165) is 11.1 Å². The third-order valence-corrected chi connectivity index (χ3v) is 4.97. The zero-order valence-corrected chi connectivity index (χ0v) is 17.7. The molecule has 0 spiro atoms. The highest BCUT2D eigenvalue weighted by atomic mass is 16.5. The van der Waals surface area contributed by atoms with Crippen LogP contribution in [0.5, 0.6) is 5.75 Å². The van der Waals surface area contributed by atoms with E-state index in [-0.39, 0.29) is 30.6 Å². The fourth-order valence-electron chi connectivity index (χ4n) is 3.51. The Hall–Kier alpha value is -3.12. The molecule has 6 heteroatoms. The second-order valence-corrected chi connectivity index (χ2v) is 7.59. The number of ketones is 1. The molecule has 0 unspecified atom stereocenters. The Kier molecular flexibility index (Phi) is 6.57. The Morgan fingerprint density at radius 2 is 1.70 bits per heavy atom. The zero-order valence-electron chi connectivity index (χ0n) is 17.7. The van der Waals surface area contributed by atoms with E-state index in [9.17, 15) is 14.7 Å². The summed E-state index contributed by atoms with van der Waals surface area (Å²) in [6, 6.07) is 13.7. The molecule has 1 fully saturated rings. The molecular formula is C24H27NO5. The molecule has 1 heterocycles. The molecule has 1 N–H and O–H groups in total. The highest BCUT2D eigenvalue weighted by Gasteiger charge is 2.45. The minimum absolute atomic E-state index is 0.0251. The average Bonchev–Trinajstić information content (AvgIpc) is 2.97. The number of amides is 1. The van der Waals surface area contributed by atoms with Crippen molar-refractivity contribution < 1.29 is 24.2 Å². The Morgan fingerprint density at radius 3 is 2.27 bits per heavy atom. The molecule has 0 aliphatic carbocycles. The lowest BCUT2D eigenvalue weighted by Gasteiger charge is -2.25. The van der Waals surface area contributed by atoms with Crippen LogP contribution in [0.3, 0.4) is 0 Å². The van der Waals surface area contributed by atoms with Crippen LogP contribution in [0.25, 0.3) is 5.76 Å². The number of ether oxygens (including phenoxy) is 2. The molecule has 1 aliphatic rings. The van der Waals surface area contributed by atoms with Crippen molar-refractivity contribution in [3.05, 3.63) is 70.8 Å². The van der Waals surface area contributed by atoms with Crippen LogP contribution in [0.15, 0.2) is 54.1 Å². The van der Waals surface area contributed by atoms with Crippen molar-refractivity contribution in [3.63, 3.8) is 0 Å². The number of likely N-dealkylation sites (tertiary alicyclic amines) is 1. The Morgan fingerprint density at radius 1 is 1.07 bits per heavy atom. The molecule has 30 heavy (non-hydrogen) atoms. The van der Waals surface area contributed by atoms with E-state index in [1.165, 1.54) is 12.0 Å². The van der Waals surface area contributed by atoms with Crippen LogP contribution in [0, 0.1) is 6.92 Å². The summed E-state index contributed by atoms with van der Waals surface area (Å²) in [5, 5.41) is 11.0. The number of aryl methyl sites for hydroxylation is 1. The van der Waals surface area contributed by atoms with Crippen LogP contribution in [0.2, 0.25) is 0 Å². The lowest BCUT2D eigenvalue weighted by molar-refractivity contribution is -0.140. The Bertz CT molecular complexity index is 945. The Balaban J connectivity index is 2.07. The van der Waals surface area contributed by atoms with Crippen LogP contribution < -0.4 is 4.74 Å². The third-order valence-electron chi connectivity index (χ3n) is 4.97. The molecule has 0 bridgehead atoms. The highest BCUT2D eigenvalue weighted by molar-refractivity contribution is 6.46. The number of nitrogens with zero attached hydrogens (tertiary/aromatic N) is 1. The fourth-order valence-corrected chi connectivity index (χ4v) is 3.51. The third kappa shape index (κ3) is 4.39. The van der Waals surface area contributed by atoms with E-state index in [2.05, 4.69) is 0 Å². The molecule has 1 aliphatic heterocycles.